The molecule has 0 aliphatic carbocycles. The number of carbonyl (C=O) groups is 2. The normalized spacial score (nSPS) is 13.2. The van der Waals surface area contributed by atoms with Gasteiger partial charge in [-0.25, -0.2) is 0 Å². The van der Waals surface area contributed by atoms with Gasteiger partial charge in [0.05, 0.1) is 17.8 Å². The maximum Gasteiger partial charge on any atom is 0.254 e. The van der Waals surface area contributed by atoms with Gasteiger partial charge in [0.1, 0.15) is 17.2 Å². The Morgan fingerprint density at radius 3 is 2.35 bits per heavy atom. The topological polar surface area (TPSA) is 176 Å². The summed E-state index contributed by atoms with van der Waals surface area (Å²) in [6.45, 7) is 9.57. The molecule has 2 aromatic heterocycles. The van der Waals surface area contributed by atoms with Crippen LogP contribution in [-0.2, 0) is 21.4 Å². The van der Waals surface area contributed by atoms with Crippen molar-refractivity contribution in [1.29, 1.82) is 0 Å². The lowest BCUT2D eigenvalue weighted by molar-refractivity contribution is -0.116. The fourth-order valence-corrected chi connectivity index (χ4v) is 2.62. The van der Waals surface area contributed by atoms with Crippen molar-refractivity contribution in [3.63, 3.8) is 0 Å². The average molecular weight is 428 g/mol. The van der Waals surface area contributed by atoms with Gasteiger partial charge in [-0.2, -0.15) is 0 Å². The van der Waals surface area contributed by atoms with Crippen LogP contribution < -0.4 is 22.5 Å². The molecule has 2 amide bonds. The van der Waals surface area contributed by atoms with E-state index in [-0.39, 0.29) is 40.9 Å². The van der Waals surface area contributed by atoms with Crippen LogP contribution in [0.2, 0.25) is 0 Å². The Kier molecular flexibility index (Phi) is 7.16. The number of aliphatic imine (C=N–C) groups is 1. The summed E-state index contributed by atoms with van der Waals surface area (Å²) < 4.78 is 5.25. The summed E-state index contributed by atoms with van der Waals surface area (Å²) in [5.74, 6) is -0.114. The Morgan fingerprint density at radius 2 is 1.87 bits per heavy atom. The Morgan fingerprint density at radius 1 is 1.19 bits per heavy atom. The van der Waals surface area contributed by atoms with Crippen LogP contribution in [0, 0.1) is 0 Å². The lowest BCUT2D eigenvalue weighted by atomic mass is 9.93. The summed E-state index contributed by atoms with van der Waals surface area (Å²) in [6, 6.07) is 4.81. The molecule has 2 heterocycles. The van der Waals surface area contributed by atoms with Gasteiger partial charge in [0.15, 0.2) is 5.82 Å². The van der Waals surface area contributed by atoms with Crippen LogP contribution in [0.1, 0.15) is 51.6 Å². The van der Waals surface area contributed by atoms with Crippen molar-refractivity contribution in [1.82, 2.24) is 10.1 Å². The van der Waals surface area contributed by atoms with Crippen LogP contribution in [0.15, 0.2) is 39.5 Å². The first-order chi connectivity index (χ1) is 14.4. The average Bonchev–Trinajstić information content (AvgIpc) is 3.10. The maximum absolute atomic E-state index is 12.3. The van der Waals surface area contributed by atoms with Crippen molar-refractivity contribution in [2.75, 3.05) is 5.32 Å². The number of nitrogens with two attached hydrogens (primary N) is 3. The highest BCUT2D eigenvalue weighted by molar-refractivity contribution is 6.24. The van der Waals surface area contributed by atoms with E-state index in [1.807, 2.05) is 34.6 Å². The van der Waals surface area contributed by atoms with Crippen LogP contribution >= 0.6 is 0 Å². The molecule has 10 heteroatoms. The molecule has 0 aliphatic rings. The van der Waals surface area contributed by atoms with Gasteiger partial charge in [-0.05, 0) is 25.5 Å². The molecule has 0 atom stereocenters. The van der Waals surface area contributed by atoms with Gasteiger partial charge in [0, 0.05) is 23.7 Å². The summed E-state index contributed by atoms with van der Waals surface area (Å²) >= 11 is 0. The van der Waals surface area contributed by atoms with Gasteiger partial charge in [0.2, 0.25) is 5.91 Å². The number of hydrogen-bond acceptors (Lipinski definition) is 7. The van der Waals surface area contributed by atoms with Crippen LogP contribution in [0.5, 0.6) is 0 Å². The summed E-state index contributed by atoms with van der Waals surface area (Å²) in [5.41, 5.74) is 18.0. The standard InChI is InChI=1S/C21H29N7O3/c1-11(2)26-19(23)17(20(24)30)18(22)13-7-6-12(10-25-13)8-16(29)27-15-9-14(31-28-15)21(3,4)5/h6-7,9-11H,8,22H2,1-5H3,(H2,23,26)(H2,24,30)(H,27,28,29). The predicted octanol–water partition coefficient (Wildman–Crippen LogP) is 1.47. The summed E-state index contributed by atoms with van der Waals surface area (Å²) in [7, 11) is 0. The van der Waals surface area contributed by atoms with Crippen molar-refractivity contribution in [2.45, 2.75) is 52.5 Å². The number of pyridine rings is 1. The van der Waals surface area contributed by atoms with Gasteiger partial charge in [-0.1, -0.05) is 32.0 Å². The highest BCUT2D eigenvalue weighted by Crippen LogP contribution is 2.24. The molecule has 0 aliphatic heterocycles. The number of amides is 2. The molecule has 166 valence electrons. The van der Waals surface area contributed by atoms with E-state index < -0.39 is 5.91 Å². The van der Waals surface area contributed by atoms with E-state index in [0.29, 0.717) is 22.8 Å². The SMILES string of the molecule is CC(C)N=C(N)C(C(N)=O)=C(N)c1ccc(CC(=O)Nc2cc(C(C)(C)C)on2)cn1. The van der Waals surface area contributed by atoms with Crippen LogP contribution in [0.3, 0.4) is 0 Å². The summed E-state index contributed by atoms with van der Waals surface area (Å²) in [5, 5.41) is 6.55. The summed E-state index contributed by atoms with van der Waals surface area (Å²) in [6.07, 6.45) is 1.55. The number of amidine groups is 1. The minimum absolute atomic E-state index is 0.0164. The number of anilines is 1. The number of nitrogens with one attached hydrogen (secondary N) is 1. The zero-order valence-electron chi connectivity index (χ0n) is 18.4. The number of aromatic nitrogens is 2. The lowest BCUT2D eigenvalue weighted by Gasteiger charge is -2.12. The smallest absolute Gasteiger partial charge is 0.254 e. The first kappa shape index (κ1) is 23.6. The molecule has 10 nitrogen and oxygen atoms in total. The molecule has 7 N–H and O–H groups in total. The van der Waals surface area contributed by atoms with E-state index in [9.17, 15) is 9.59 Å². The Balaban J connectivity index is 2.14. The van der Waals surface area contributed by atoms with Crippen molar-refractivity contribution in [2.24, 2.45) is 22.2 Å². The van der Waals surface area contributed by atoms with Gasteiger partial charge >= 0.3 is 0 Å². The molecule has 0 spiro atoms. The number of carbonyl (C=O) groups excluding carboxylic acids is 2. The van der Waals surface area contributed by atoms with E-state index in [2.05, 4.69) is 20.4 Å². The Labute approximate surface area is 181 Å². The molecule has 0 saturated carbocycles. The second kappa shape index (κ2) is 9.41. The molecular weight excluding hydrogens is 398 g/mol. The third-order valence-electron chi connectivity index (χ3n) is 4.15. The van der Waals surface area contributed by atoms with Crippen LogP contribution in [0.25, 0.3) is 5.70 Å². The largest absolute Gasteiger partial charge is 0.396 e. The maximum atomic E-state index is 12.3. The van der Waals surface area contributed by atoms with Gasteiger partial charge < -0.3 is 27.0 Å². The molecule has 31 heavy (non-hydrogen) atoms. The quantitative estimate of drug-likeness (QED) is 0.294. The van der Waals surface area contributed by atoms with E-state index in [1.165, 1.54) is 6.20 Å². The third kappa shape index (κ3) is 6.39. The van der Waals surface area contributed by atoms with Crippen molar-refractivity contribution >= 4 is 29.2 Å². The minimum atomic E-state index is -0.799. The van der Waals surface area contributed by atoms with Crippen LogP contribution in [0.4, 0.5) is 5.82 Å². The first-order valence-electron chi connectivity index (χ1n) is 9.74. The molecule has 0 fully saturated rings. The molecule has 0 radical (unpaired) electrons. The van der Waals surface area contributed by atoms with Gasteiger partial charge in [0.25, 0.3) is 5.91 Å². The molecule has 0 unspecified atom stereocenters. The molecule has 0 bridgehead atoms. The number of rotatable bonds is 7. The highest BCUT2D eigenvalue weighted by Gasteiger charge is 2.21. The molecular formula is C21H29N7O3. The zero-order chi connectivity index (χ0) is 23.3. The Hall–Kier alpha value is -3.69. The fourth-order valence-electron chi connectivity index (χ4n) is 2.62. The molecule has 0 aromatic carbocycles. The Bertz CT molecular complexity index is 1010. The lowest BCUT2D eigenvalue weighted by Crippen LogP contribution is -2.30. The first-order valence-corrected chi connectivity index (χ1v) is 9.74. The second-order valence-electron chi connectivity index (χ2n) is 8.36. The van der Waals surface area contributed by atoms with E-state index in [4.69, 9.17) is 21.7 Å². The van der Waals surface area contributed by atoms with Crippen molar-refractivity contribution in [3.8, 4) is 0 Å². The molecule has 0 saturated heterocycles. The number of hydrogen-bond donors (Lipinski definition) is 4. The van der Waals surface area contributed by atoms with E-state index in [1.54, 1.807) is 18.2 Å². The number of primary amides is 1. The fraction of sp³-hybridized carbons (Fsp3) is 0.381. The van der Waals surface area contributed by atoms with Crippen LogP contribution in [-0.4, -0.2) is 33.8 Å². The highest BCUT2D eigenvalue weighted by atomic mass is 16.5. The van der Waals surface area contributed by atoms with Gasteiger partial charge in [-0.15, -0.1) is 0 Å². The van der Waals surface area contributed by atoms with E-state index >= 15 is 0 Å². The monoisotopic (exact) mass is 427 g/mol. The summed E-state index contributed by atoms with van der Waals surface area (Å²) in [4.78, 5) is 32.5. The molecule has 2 rings (SSSR count). The third-order valence-corrected chi connectivity index (χ3v) is 4.15. The van der Waals surface area contributed by atoms with Gasteiger partial charge in [-0.3, -0.25) is 19.6 Å². The molecule has 2 aromatic rings. The number of nitrogens with zero attached hydrogens (tertiary/aromatic N) is 3. The predicted molar refractivity (Wildman–Crippen MR) is 119 cm³/mol. The zero-order valence-corrected chi connectivity index (χ0v) is 18.4. The van der Waals surface area contributed by atoms with Crippen molar-refractivity contribution in [3.05, 3.63) is 47.0 Å². The van der Waals surface area contributed by atoms with Crippen molar-refractivity contribution < 1.29 is 14.1 Å². The minimum Gasteiger partial charge on any atom is -0.396 e. The van der Waals surface area contributed by atoms with E-state index in [0.717, 1.165) is 0 Å². The second-order valence-corrected chi connectivity index (χ2v) is 8.36.